The number of methoxy groups -OCH3 is 3. The van der Waals surface area contributed by atoms with Gasteiger partial charge in [0, 0.05) is 42.2 Å². The van der Waals surface area contributed by atoms with Crippen molar-refractivity contribution in [3.63, 3.8) is 0 Å². The standard InChI is InChI=1S/C34H39N5O6/c1-34(2,3)45-33(41)37-25-9-7-8-23(18-25)31-38-28(21-10-12-22(13-11-21)32(40)44-6)29-30(35-16-17-39(29)31)36-20-24-14-15-26(42-4)19-27(24)43-5/h8,10-17,19,25H,7,9,18,20H2,1-6H3,(H,35,36)(H,37,41). The Morgan fingerprint density at radius 3 is 2.51 bits per heavy atom. The molecule has 0 spiro atoms. The van der Waals surface area contributed by atoms with Crippen molar-refractivity contribution < 1.29 is 28.5 Å². The Bertz CT molecular complexity index is 1720. The lowest BCUT2D eigenvalue weighted by molar-refractivity contribution is 0.0501. The van der Waals surface area contributed by atoms with Crippen LogP contribution in [0.25, 0.3) is 22.3 Å². The SMILES string of the molecule is COC(=O)c1ccc(-c2nc(C3=CCCC(NC(=O)OC(C)(C)C)C3)n3ccnc(NCc4ccc(OC)cc4OC)c23)cc1. The third kappa shape index (κ3) is 7.19. The zero-order valence-electron chi connectivity index (χ0n) is 26.5. The number of rotatable bonds is 9. The zero-order chi connectivity index (χ0) is 32.1. The Labute approximate surface area is 262 Å². The number of ether oxygens (including phenoxy) is 4. The van der Waals surface area contributed by atoms with Crippen molar-refractivity contribution >= 4 is 29.0 Å². The summed E-state index contributed by atoms with van der Waals surface area (Å²) in [4.78, 5) is 34.5. The summed E-state index contributed by atoms with van der Waals surface area (Å²) in [5, 5.41) is 6.50. The first-order valence-corrected chi connectivity index (χ1v) is 14.8. The number of nitrogens with one attached hydrogen (secondary N) is 2. The maximum absolute atomic E-state index is 12.5. The van der Waals surface area contributed by atoms with Crippen LogP contribution in [0.3, 0.4) is 0 Å². The van der Waals surface area contributed by atoms with Crippen molar-refractivity contribution in [2.75, 3.05) is 26.6 Å². The van der Waals surface area contributed by atoms with Crippen LogP contribution in [0, 0.1) is 0 Å². The lowest BCUT2D eigenvalue weighted by Gasteiger charge is -2.26. The topological polar surface area (TPSA) is 125 Å². The van der Waals surface area contributed by atoms with E-state index < -0.39 is 17.7 Å². The molecule has 45 heavy (non-hydrogen) atoms. The summed E-state index contributed by atoms with van der Waals surface area (Å²) in [6.45, 7) is 5.98. The molecule has 2 N–H and O–H groups in total. The van der Waals surface area contributed by atoms with Crippen LogP contribution in [0.2, 0.25) is 0 Å². The second-order valence-electron chi connectivity index (χ2n) is 11.7. The highest BCUT2D eigenvalue weighted by Gasteiger charge is 2.26. The van der Waals surface area contributed by atoms with E-state index in [2.05, 4.69) is 16.7 Å². The Balaban J connectivity index is 1.52. The van der Waals surface area contributed by atoms with E-state index in [9.17, 15) is 9.59 Å². The molecule has 0 bridgehead atoms. The molecule has 1 unspecified atom stereocenters. The number of anilines is 1. The average Bonchev–Trinajstić information content (AvgIpc) is 3.43. The smallest absolute Gasteiger partial charge is 0.407 e. The van der Waals surface area contributed by atoms with Gasteiger partial charge in [0.2, 0.25) is 0 Å². The fourth-order valence-electron chi connectivity index (χ4n) is 5.35. The summed E-state index contributed by atoms with van der Waals surface area (Å²) in [5.74, 6) is 2.36. The second kappa shape index (κ2) is 13.3. The van der Waals surface area contributed by atoms with E-state index in [1.807, 2.05) is 61.7 Å². The van der Waals surface area contributed by atoms with Gasteiger partial charge in [-0.3, -0.25) is 4.40 Å². The number of benzene rings is 2. The second-order valence-corrected chi connectivity index (χ2v) is 11.7. The summed E-state index contributed by atoms with van der Waals surface area (Å²) in [7, 11) is 4.60. The number of alkyl carbamates (subject to hydrolysis) is 1. The number of carbonyl (C=O) groups is 2. The van der Waals surface area contributed by atoms with Crippen molar-refractivity contribution in [1.82, 2.24) is 19.7 Å². The van der Waals surface area contributed by atoms with Gasteiger partial charge in [-0.25, -0.2) is 19.6 Å². The minimum absolute atomic E-state index is 0.100. The van der Waals surface area contributed by atoms with Crippen LogP contribution in [0.4, 0.5) is 10.6 Å². The first kappa shape index (κ1) is 31.4. The Morgan fingerprint density at radius 2 is 1.82 bits per heavy atom. The van der Waals surface area contributed by atoms with E-state index in [-0.39, 0.29) is 6.04 Å². The predicted molar refractivity (Wildman–Crippen MR) is 172 cm³/mol. The highest BCUT2D eigenvalue weighted by atomic mass is 16.6. The van der Waals surface area contributed by atoms with Crippen molar-refractivity contribution in [3.8, 4) is 22.8 Å². The van der Waals surface area contributed by atoms with E-state index in [0.29, 0.717) is 41.5 Å². The molecule has 0 fully saturated rings. The summed E-state index contributed by atoms with van der Waals surface area (Å²) < 4.78 is 23.4. The molecule has 4 aromatic rings. The monoisotopic (exact) mass is 613 g/mol. The summed E-state index contributed by atoms with van der Waals surface area (Å²) in [6.07, 6.45) is 7.52. The number of aromatic nitrogens is 3. The van der Waals surface area contributed by atoms with Gasteiger partial charge in [0.25, 0.3) is 0 Å². The first-order valence-electron chi connectivity index (χ1n) is 14.8. The van der Waals surface area contributed by atoms with Gasteiger partial charge in [-0.15, -0.1) is 0 Å². The molecule has 0 radical (unpaired) electrons. The summed E-state index contributed by atoms with van der Waals surface area (Å²) in [6, 6.07) is 12.7. The molecule has 0 saturated heterocycles. The number of carbonyl (C=O) groups excluding carboxylic acids is 2. The maximum Gasteiger partial charge on any atom is 0.407 e. The lowest BCUT2D eigenvalue weighted by atomic mass is 9.94. The third-order valence-electron chi connectivity index (χ3n) is 7.45. The Kier molecular flexibility index (Phi) is 9.26. The average molecular weight is 614 g/mol. The number of imidazole rings is 1. The third-order valence-corrected chi connectivity index (χ3v) is 7.45. The molecule has 0 saturated carbocycles. The number of esters is 1. The van der Waals surface area contributed by atoms with Gasteiger partial charge in [0.05, 0.1) is 26.9 Å². The van der Waals surface area contributed by atoms with Crippen LogP contribution in [0.1, 0.15) is 61.8 Å². The van der Waals surface area contributed by atoms with E-state index >= 15 is 0 Å². The van der Waals surface area contributed by atoms with Gasteiger partial charge in [-0.05, 0) is 69.9 Å². The van der Waals surface area contributed by atoms with E-state index in [4.69, 9.17) is 28.9 Å². The van der Waals surface area contributed by atoms with Crippen LogP contribution in [-0.2, 0) is 16.0 Å². The number of fused-ring (bicyclic) bond motifs is 1. The van der Waals surface area contributed by atoms with Gasteiger partial charge in [-0.2, -0.15) is 0 Å². The minimum Gasteiger partial charge on any atom is -0.497 e. The molecule has 1 amide bonds. The van der Waals surface area contributed by atoms with Crippen LogP contribution in [-0.4, -0.2) is 59.4 Å². The zero-order valence-corrected chi connectivity index (χ0v) is 26.5. The minimum atomic E-state index is -0.582. The van der Waals surface area contributed by atoms with Crippen LogP contribution >= 0.6 is 0 Å². The molecule has 5 rings (SSSR count). The Hall–Kier alpha value is -5.06. The first-order chi connectivity index (χ1) is 21.6. The number of allylic oxidation sites excluding steroid dienone is 1. The molecule has 1 aliphatic carbocycles. The quantitative estimate of drug-likeness (QED) is 0.210. The molecule has 2 heterocycles. The number of amides is 1. The molecular formula is C34H39N5O6. The van der Waals surface area contributed by atoms with Crippen molar-refractivity contribution in [1.29, 1.82) is 0 Å². The van der Waals surface area contributed by atoms with Crippen molar-refractivity contribution in [2.45, 2.75) is 58.2 Å². The van der Waals surface area contributed by atoms with Crippen LogP contribution in [0.5, 0.6) is 11.5 Å². The van der Waals surface area contributed by atoms with Crippen molar-refractivity contribution in [2.24, 2.45) is 0 Å². The van der Waals surface area contributed by atoms with Gasteiger partial charge >= 0.3 is 12.1 Å². The van der Waals surface area contributed by atoms with E-state index in [1.165, 1.54) is 7.11 Å². The molecule has 0 aliphatic heterocycles. The number of nitrogens with zero attached hydrogens (tertiary/aromatic N) is 3. The molecule has 1 atom stereocenters. The predicted octanol–water partition coefficient (Wildman–Crippen LogP) is 6.27. The molecule has 2 aromatic carbocycles. The highest BCUT2D eigenvalue weighted by Crippen LogP contribution is 2.35. The van der Waals surface area contributed by atoms with Crippen molar-refractivity contribution in [3.05, 3.63) is 77.9 Å². The largest absolute Gasteiger partial charge is 0.497 e. The maximum atomic E-state index is 12.5. The van der Waals surface area contributed by atoms with E-state index in [1.54, 1.807) is 32.5 Å². The Morgan fingerprint density at radius 1 is 1.04 bits per heavy atom. The number of hydrogen-bond acceptors (Lipinski definition) is 9. The molecule has 236 valence electrons. The molecule has 11 heteroatoms. The lowest BCUT2D eigenvalue weighted by Crippen LogP contribution is -2.40. The molecular weight excluding hydrogens is 574 g/mol. The fraction of sp³-hybridized carbons (Fsp3) is 0.353. The molecule has 2 aromatic heterocycles. The van der Waals surface area contributed by atoms with Gasteiger partial charge in [-0.1, -0.05) is 18.2 Å². The summed E-state index contributed by atoms with van der Waals surface area (Å²) >= 11 is 0. The molecule has 11 nitrogen and oxygen atoms in total. The number of hydrogen-bond donors (Lipinski definition) is 2. The fourth-order valence-corrected chi connectivity index (χ4v) is 5.35. The van der Waals surface area contributed by atoms with Gasteiger partial charge < -0.3 is 29.6 Å². The van der Waals surface area contributed by atoms with E-state index in [0.717, 1.165) is 40.9 Å². The molecule has 1 aliphatic rings. The van der Waals surface area contributed by atoms with Crippen LogP contribution in [0.15, 0.2) is 60.9 Å². The van der Waals surface area contributed by atoms with Crippen LogP contribution < -0.4 is 20.1 Å². The van der Waals surface area contributed by atoms with Gasteiger partial charge in [0.1, 0.15) is 34.1 Å². The highest BCUT2D eigenvalue weighted by molar-refractivity contribution is 5.92. The summed E-state index contributed by atoms with van der Waals surface area (Å²) in [5.41, 5.74) is 4.07. The normalized spacial score (nSPS) is 14.8. The van der Waals surface area contributed by atoms with Gasteiger partial charge in [0.15, 0.2) is 5.82 Å².